The SMILES string of the molecule is Cc1cccc(C(=O)O)c1C#CCNC(=O)OCc1ccccc1. The monoisotopic (exact) mass is 323 g/mol. The molecule has 0 atom stereocenters. The van der Waals surface area contributed by atoms with E-state index in [4.69, 9.17) is 9.84 Å². The van der Waals surface area contributed by atoms with Crippen molar-refractivity contribution >= 4 is 12.1 Å². The number of aromatic carboxylic acids is 1. The number of ether oxygens (including phenoxy) is 1. The van der Waals surface area contributed by atoms with Crippen molar-refractivity contribution < 1.29 is 19.4 Å². The zero-order valence-corrected chi connectivity index (χ0v) is 13.2. The van der Waals surface area contributed by atoms with Gasteiger partial charge in [0.2, 0.25) is 0 Å². The van der Waals surface area contributed by atoms with Crippen LogP contribution in [-0.4, -0.2) is 23.7 Å². The fraction of sp³-hybridized carbons (Fsp3) is 0.158. The summed E-state index contributed by atoms with van der Waals surface area (Å²) < 4.78 is 5.05. The number of aryl methyl sites for hydroxylation is 1. The van der Waals surface area contributed by atoms with Crippen molar-refractivity contribution in [1.29, 1.82) is 0 Å². The standard InChI is InChI=1S/C19H17NO4/c1-14-7-5-10-17(18(21)22)16(14)11-6-12-20-19(23)24-13-15-8-3-2-4-9-15/h2-5,7-10H,12-13H2,1H3,(H,20,23)(H,21,22). The van der Waals surface area contributed by atoms with Crippen LogP contribution in [0.2, 0.25) is 0 Å². The molecule has 2 N–H and O–H groups in total. The number of carbonyl (C=O) groups excluding carboxylic acids is 1. The number of carbonyl (C=O) groups is 2. The topological polar surface area (TPSA) is 75.6 Å². The molecule has 0 bridgehead atoms. The molecule has 0 aliphatic carbocycles. The number of rotatable bonds is 4. The van der Waals surface area contributed by atoms with E-state index in [1.54, 1.807) is 19.1 Å². The van der Waals surface area contributed by atoms with Crippen LogP contribution in [0.15, 0.2) is 48.5 Å². The molecule has 24 heavy (non-hydrogen) atoms. The van der Waals surface area contributed by atoms with Crippen LogP contribution in [0.25, 0.3) is 0 Å². The average molecular weight is 323 g/mol. The third-order valence-corrected chi connectivity index (χ3v) is 3.25. The number of amides is 1. The first-order chi connectivity index (χ1) is 11.6. The Morgan fingerprint density at radius 2 is 1.88 bits per heavy atom. The van der Waals surface area contributed by atoms with Gasteiger partial charge in [-0.1, -0.05) is 54.3 Å². The van der Waals surface area contributed by atoms with Crippen LogP contribution in [0.1, 0.15) is 27.0 Å². The first-order valence-corrected chi connectivity index (χ1v) is 7.34. The maximum Gasteiger partial charge on any atom is 0.408 e. The van der Waals surface area contributed by atoms with Crippen LogP contribution in [0.5, 0.6) is 0 Å². The molecule has 0 spiro atoms. The maximum atomic E-state index is 11.6. The molecule has 0 radical (unpaired) electrons. The first-order valence-electron chi connectivity index (χ1n) is 7.34. The third kappa shape index (κ3) is 4.89. The molecular formula is C19H17NO4. The minimum atomic E-state index is -1.03. The minimum Gasteiger partial charge on any atom is -0.478 e. The summed E-state index contributed by atoms with van der Waals surface area (Å²) in [7, 11) is 0. The third-order valence-electron chi connectivity index (χ3n) is 3.25. The number of benzene rings is 2. The van der Waals surface area contributed by atoms with Gasteiger partial charge in [-0.2, -0.15) is 0 Å². The van der Waals surface area contributed by atoms with Gasteiger partial charge in [0.15, 0.2) is 0 Å². The minimum absolute atomic E-state index is 0.0705. The predicted molar refractivity (Wildman–Crippen MR) is 89.6 cm³/mol. The van der Waals surface area contributed by atoms with Crippen molar-refractivity contribution in [2.75, 3.05) is 6.54 Å². The van der Waals surface area contributed by atoms with Gasteiger partial charge in [0, 0.05) is 5.56 Å². The summed E-state index contributed by atoms with van der Waals surface area (Å²) in [5.74, 6) is 4.50. The molecule has 5 nitrogen and oxygen atoms in total. The van der Waals surface area contributed by atoms with Gasteiger partial charge in [-0.25, -0.2) is 9.59 Å². The highest BCUT2D eigenvalue weighted by atomic mass is 16.5. The summed E-state index contributed by atoms with van der Waals surface area (Å²) in [6.45, 7) is 2.04. The van der Waals surface area contributed by atoms with Gasteiger partial charge < -0.3 is 15.2 Å². The molecule has 0 saturated heterocycles. The molecule has 2 aromatic rings. The van der Waals surface area contributed by atoms with E-state index in [-0.39, 0.29) is 18.7 Å². The molecule has 0 fully saturated rings. The Labute approximate surface area is 140 Å². The van der Waals surface area contributed by atoms with E-state index in [1.165, 1.54) is 6.07 Å². The summed E-state index contributed by atoms with van der Waals surface area (Å²) >= 11 is 0. The molecule has 2 rings (SSSR count). The van der Waals surface area contributed by atoms with E-state index >= 15 is 0 Å². The van der Waals surface area contributed by atoms with E-state index in [1.807, 2.05) is 30.3 Å². The Hall–Kier alpha value is -3.26. The lowest BCUT2D eigenvalue weighted by Crippen LogP contribution is -2.24. The molecule has 0 saturated carbocycles. The quantitative estimate of drug-likeness (QED) is 0.848. The van der Waals surface area contributed by atoms with Crippen LogP contribution in [0, 0.1) is 18.8 Å². The smallest absolute Gasteiger partial charge is 0.408 e. The zero-order chi connectivity index (χ0) is 17.4. The molecule has 0 heterocycles. The zero-order valence-electron chi connectivity index (χ0n) is 13.2. The number of nitrogens with one attached hydrogen (secondary N) is 1. The van der Waals surface area contributed by atoms with Crippen LogP contribution < -0.4 is 5.32 Å². The second-order valence-corrected chi connectivity index (χ2v) is 5.02. The number of hydrogen-bond acceptors (Lipinski definition) is 3. The first kappa shape index (κ1) is 17.1. The summed E-state index contributed by atoms with van der Waals surface area (Å²) in [4.78, 5) is 22.8. The molecule has 0 aliphatic rings. The molecular weight excluding hydrogens is 306 g/mol. The molecule has 0 aromatic heterocycles. The predicted octanol–water partition coefficient (Wildman–Crippen LogP) is 2.97. The van der Waals surface area contributed by atoms with Crippen molar-refractivity contribution in [3.05, 3.63) is 70.8 Å². The van der Waals surface area contributed by atoms with Gasteiger partial charge >= 0.3 is 12.1 Å². The second kappa shape index (κ2) is 8.39. The summed E-state index contributed by atoms with van der Waals surface area (Å²) in [5, 5.41) is 11.7. The molecule has 0 unspecified atom stereocenters. The van der Waals surface area contributed by atoms with E-state index in [0.29, 0.717) is 5.56 Å². The van der Waals surface area contributed by atoms with Crippen molar-refractivity contribution in [2.24, 2.45) is 0 Å². The number of carboxylic acids is 1. The van der Waals surface area contributed by atoms with Gasteiger partial charge in [0.25, 0.3) is 0 Å². The van der Waals surface area contributed by atoms with E-state index in [9.17, 15) is 9.59 Å². The Morgan fingerprint density at radius 1 is 1.12 bits per heavy atom. The lowest BCUT2D eigenvalue weighted by atomic mass is 10.0. The fourth-order valence-corrected chi connectivity index (χ4v) is 2.03. The van der Waals surface area contributed by atoms with E-state index < -0.39 is 12.1 Å². The number of alkyl carbamates (subject to hydrolysis) is 1. The molecule has 0 aliphatic heterocycles. The average Bonchev–Trinajstić information content (AvgIpc) is 2.58. The highest BCUT2D eigenvalue weighted by Crippen LogP contribution is 2.12. The summed E-state index contributed by atoms with van der Waals surface area (Å²) in [6, 6.07) is 14.3. The van der Waals surface area contributed by atoms with Crippen molar-refractivity contribution in [1.82, 2.24) is 5.32 Å². The lowest BCUT2D eigenvalue weighted by Gasteiger charge is -2.05. The molecule has 1 amide bonds. The Morgan fingerprint density at radius 3 is 2.58 bits per heavy atom. The normalized spacial score (nSPS) is 9.54. The van der Waals surface area contributed by atoms with Crippen LogP contribution >= 0.6 is 0 Å². The van der Waals surface area contributed by atoms with Crippen molar-refractivity contribution in [3.63, 3.8) is 0 Å². The van der Waals surface area contributed by atoms with Crippen molar-refractivity contribution in [3.8, 4) is 11.8 Å². The van der Waals surface area contributed by atoms with Gasteiger partial charge in [-0.05, 0) is 24.1 Å². The molecule has 122 valence electrons. The lowest BCUT2D eigenvalue weighted by molar-refractivity contribution is 0.0696. The van der Waals surface area contributed by atoms with Gasteiger partial charge in [-0.3, -0.25) is 0 Å². The van der Waals surface area contributed by atoms with Gasteiger partial charge in [0.1, 0.15) is 6.61 Å². The maximum absolute atomic E-state index is 11.6. The Bertz CT molecular complexity index is 788. The van der Waals surface area contributed by atoms with Gasteiger partial charge in [0.05, 0.1) is 12.1 Å². The summed E-state index contributed by atoms with van der Waals surface area (Å²) in [5.41, 5.74) is 2.26. The Balaban J connectivity index is 1.88. The highest BCUT2D eigenvalue weighted by Gasteiger charge is 2.09. The molecule has 5 heteroatoms. The van der Waals surface area contributed by atoms with Gasteiger partial charge in [-0.15, -0.1) is 0 Å². The van der Waals surface area contributed by atoms with Crippen molar-refractivity contribution in [2.45, 2.75) is 13.5 Å². The van der Waals surface area contributed by atoms with E-state index in [0.717, 1.165) is 11.1 Å². The summed E-state index contributed by atoms with van der Waals surface area (Å²) in [6.07, 6.45) is -0.573. The largest absolute Gasteiger partial charge is 0.478 e. The number of carboxylic acid groups (broad SMARTS) is 1. The fourth-order valence-electron chi connectivity index (χ4n) is 2.03. The van der Waals surface area contributed by atoms with E-state index in [2.05, 4.69) is 17.2 Å². The van der Waals surface area contributed by atoms with Crippen LogP contribution in [0.3, 0.4) is 0 Å². The van der Waals surface area contributed by atoms with Crippen LogP contribution in [0.4, 0.5) is 4.79 Å². The number of hydrogen-bond donors (Lipinski definition) is 2. The highest BCUT2D eigenvalue weighted by molar-refractivity contribution is 5.91. The molecule has 2 aromatic carbocycles. The Kier molecular flexibility index (Phi) is 5.98. The van der Waals surface area contributed by atoms with Crippen LogP contribution in [-0.2, 0) is 11.3 Å². The second-order valence-electron chi connectivity index (χ2n) is 5.02.